The van der Waals surface area contributed by atoms with Crippen LogP contribution in [0.4, 0.5) is 0 Å². The summed E-state index contributed by atoms with van der Waals surface area (Å²) in [5.74, 6) is 1.44. The largest absolute Gasteiger partial charge is 0.376 e. The van der Waals surface area contributed by atoms with E-state index < -0.39 is 0 Å². The van der Waals surface area contributed by atoms with Crippen LogP contribution in [-0.2, 0) is 14.3 Å². The van der Waals surface area contributed by atoms with Crippen molar-refractivity contribution in [2.75, 3.05) is 39.4 Å². The zero-order chi connectivity index (χ0) is 13.9. The Balaban J connectivity index is 1.42. The zero-order valence-corrected chi connectivity index (χ0v) is 12.3. The summed E-state index contributed by atoms with van der Waals surface area (Å²) in [7, 11) is 0. The highest BCUT2D eigenvalue weighted by atomic mass is 16.5. The molecule has 0 radical (unpaired) electrons. The zero-order valence-electron chi connectivity index (χ0n) is 12.3. The molecule has 0 spiro atoms. The van der Waals surface area contributed by atoms with Gasteiger partial charge in [-0.15, -0.1) is 0 Å². The topological polar surface area (TPSA) is 50.8 Å². The predicted octanol–water partition coefficient (Wildman–Crippen LogP) is 0.638. The molecule has 0 bridgehead atoms. The fourth-order valence-electron chi connectivity index (χ4n) is 3.55. The second-order valence-corrected chi connectivity index (χ2v) is 6.39. The van der Waals surface area contributed by atoms with Crippen LogP contribution in [0.3, 0.4) is 0 Å². The molecule has 3 aliphatic heterocycles. The SMILES string of the molecule is CC(OCC1CCCCO1)C(=O)N1C[C@H]2CNC[C@H]2C1. The van der Waals surface area contributed by atoms with Crippen molar-refractivity contribution in [1.29, 1.82) is 0 Å². The number of fused-ring (bicyclic) bond motifs is 1. The molecular weight excluding hydrogens is 256 g/mol. The number of nitrogens with one attached hydrogen (secondary N) is 1. The highest BCUT2D eigenvalue weighted by Gasteiger charge is 2.39. The summed E-state index contributed by atoms with van der Waals surface area (Å²) < 4.78 is 11.4. The molecule has 114 valence electrons. The summed E-state index contributed by atoms with van der Waals surface area (Å²) in [6, 6.07) is 0. The lowest BCUT2D eigenvalue weighted by atomic mass is 10.0. The Bertz CT molecular complexity index is 332. The van der Waals surface area contributed by atoms with Crippen molar-refractivity contribution in [2.45, 2.75) is 38.4 Å². The van der Waals surface area contributed by atoms with Crippen LogP contribution in [0.15, 0.2) is 0 Å². The van der Waals surface area contributed by atoms with Gasteiger partial charge in [0.05, 0.1) is 12.7 Å². The van der Waals surface area contributed by atoms with Crippen molar-refractivity contribution in [3.63, 3.8) is 0 Å². The normalized spacial score (nSPS) is 35.0. The average molecular weight is 282 g/mol. The minimum absolute atomic E-state index is 0.148. The summed E-state index contributed by atoms with van der Waals surface area (Å²) in [4.78, 5) is 14.4. The molecule has 20 heavy (non-hydrogen) atoms. The standard InChI is InChI=1S/C15H26N2O3/c1-11(20-10-14-4-2-3-5-19-14)15(18)17-8-12-6-16-7-13(12)9-17/h11-14,16H,2-10H2,1H3/t11?,12-,13+,14?. The molecule has 0 aromatic rings. The van der Waals surface area contributed by atoms with Crippen LogP contribution in [-0.4, -0.2) is 62.4 Å². The molecule has 0 aromatic carbocycles. The third-order valence-corrected chi connectivity index (χ3v) is 4.86. The third-order valence-electron chi connectivity index (χ3n) is 4.86. The van der Waals surface area contributed by atoms with Gasteiger partial charge >= 0.3 is 0 Å². The molecule has 1 amide bonds. The molecule has 4 atom stereocenters. The number of amides is 1. The van der Waals surface area contributed by atoms with Gasteiger partial charge in [-0.25, -0.2) is 0 Å². The predicted molar refractivity (Wildman–Crippen MR) is 75.4 cm³/mol. The fraction of sp³-hybridized carbons (Fsp3) is 0.933. The van der Waals surface area contributed by atoms with Gasteiger partial charge in [0.25, 0.3) is 5.91 Å². The molecule has 3 fully saturated rings. The maximum atomic E-state index is 12.4. The van der Waals surface area contributed by atoms with E-state index in [2.05, 4.69) is 5.32 Å². The van der Waals surface area contributed by atoms with Crippen LogP contribution in [0, 0.1) is 11.8 Å². The second kappa shape index (κ2) is 6.41. The van der Waals surface area contributed by atoms with E-state index in [0.29, 0.717) is 18.4 Å². The van der Waals surface area contributed by atoms with Crippen molar-refractivity contribution < 1.29 is 14.3 Å². The van der Waals surface area contributed by atoms with E-state index in [-0.39, 0.29) is 18.1 Å². The minimum atomic E-state index is -0.340. The molecule has 0 saturated carbocycles. The summed E-state index contributed by atoms with van der Waals surface area (Å²) in [6.45, 7) is 7.15. The number of carbonyl (C=O) groups excluding carboxylic acids is 1. The van der Waals surface area contributed by atoms with E-state index in [4.69, 9.17) is 9.47 Å². The first-order valence-corrected chi connectivity index (χ1v) is 7.96. The van der Waals surface area contributed by atoms with Gasteiger partial charge in [-0.1, -0.05) is 0 Å². The molecule has 3 aliphatic rings. The Kier molecular flexibility index (Phi) is 4.58. The van der Waals surface area contributed by atoms with Crippen LogP contribution in [0.2, 0.25) is 0 Å². The van der Waals surface area contributed by atoms with Crippen molar-refractivity contribution in [3.05, 3.63) is 0 Å². The lowest BCUT2D eigenvalue weighted by molar-refractivity contribution is -0.145. The van der Waals surface area contributed by atoms with Crippen molar-refractivity contribution in [1.82, 2.24) is 10.2 Å². The molecule has 5 heteroatoms. The molecule has 1 N–H and O–H groups in total. The molecule has 0 aromatic heterocycles. The van der Waals surface area contributed by atoms with Gasteiger partial charge in [-0.3, -0.25) is 4.79 Å². The smallest absolute Gasteiger partial charge is 0.251 e. The Hall–Kier alpha value is -0.650. The molecule has 3 rings (SSSR count). The van der Waals surface area contributed by atoms with Crippen molar-refractivity contribution >= 4 is 5.91 Å². The van der Waals surface area contributed by atoms with Gasteiger partial charge < -0.3 is 19.7 Å². The second-order valence-electron chi connectivity index (χ2n) is 6.39. The van der Waals surface area contributed by atoms with Crippen molar-refractivity contribution in [3.8, 4) is 0 Å². The highest BCUT2D eigenvalue weighted by molar-refractivity contribution is 5.80. The van der Waals surface area contributed by atoms with Crippen LogP contribution >= 0.6 is 0 Å². The molecule has 0 aliphatic carbocycles. The van der Waals surface area contributed by atoms with Gasteiger partial charge in [-0.2, -0.15) is 0 Å². The lowest BCUT2D eigenvalue weighted by Gasteiger charge is -2.26. The molecular formula is C15H26N2O3. The van der Waals surface area contributed by atoms with Crippen LogP contribution in [0.1, 0.15) is 26.2 Å². The number of rotatable bonds is 4. The average Bonchev–Trinajstić information content (AvgIpc) is 3.06. The lowest BCUT2D eigenvalue weighted by Crippen LogP contribution is -2.40. The summed E-state index contributed by atoms with van der Waals surface area (Å²) in [6.07, 6.45) is 3.25. The Labute approximate surface area is 121 Å². The van der Waals surface area contributed by atoms with Gasteiger partial charge in [-0.05, 0) is 38.0 Å². The van der Waals surface area contributed by atoms with E-state index >= 15 is 0 Å². The monoisotopic (exact) mass is 282 g/mol. The first-order chi connectivity index (χ1) is 9.74. The van der Waals surface area contributed by atoms with Crippen LogP contribution in [0.5, 0.6) is 0 Å². The van der Waals surface area contributed by atoms with Crippen molar-refractivity contribution in [2.24, 2.45) is 11.8 Å². The number of carbonyl (C=O) groups is 1. The van der Waals surface area contributed by atoms with Gasteiger partial charge in [0.2, 0.25) is 0 Å². The van der Waals surface area contributed by atoms with Crippen LogP contribution < -0.4 is 5.32 Å². The first-order valence-electron chi connectivity index (χ1n) is 7.96. The molecule has 5 nitrogen and oxygen atoms in total. The summed E-state index contributed by atoms with van der Waals surface area (Å²) in [5.41, 5.74) is 0. The van der Waals surface area contributed by atoms with Crippen LogP contribution in [0.25, 0.3) is 0 Å². The Morgan fingerprint density at radius 2 is 2.10 bits per heavy atom. The summed E-state index contributed by atoms with van der Waals surface area (Å²) in [5, 5.41) is 3.40. The molecule has 2 unspecified atom stereocenters. The van der Waals surface area contributed by atoms with E-state index in [9.17, 15) is 4.79 Å². The first kappa shape index (κ1) is 14.3. The Morgan fingerprint density at radius 3 is 2.75 bits per heavy atom. The Morgan fingerprint density at radius 1 is 1.35 bits per heavy atom. The molecule has 3 heterocycles. The number of hydrogen-bond acceptors (Lipinski definition) is 4. The quantitative estimate of drug-likeness (QED) is 0.822. The fourth-order valence-corrected chi connectivity index (χ4v) is 3.55. The highest BCUT2D eigenvalue weighted by Crippen LogP contribution is 2.27. The third kappa shape index (κ3) is 3.15. The van der Waals surface area contributed by atoms with E-state index in [1.54, 1.807) is 0 Å². The summed E-state index contributed by atoms with van der Waals surface area (Å²) >= 11 is 0. The maximum Gasteiger partial charge on any atom is 0.251 e. The number of likely N-dealkylation sites (tertiary alicyclic amines) is 1. The van der Waals surface area contributed by atoms with Gasteiger partial charge in [0.15, 0.2) is 0 Å². The van der Waals surface area contributed by atoms with Gasteiger partial charge in [0.1, 0.15) is 6.10 Å². The van der Waals surface area contributed by atoms with Gasteiger partial charge in [0, 0.05) is 32.8 Å². The minimum Gasteiger partial charge on any atom is -0.376 e. The number of ether oxygens (including phenoxy) is 2. The van der Waals surface area contributed by atoms with E-state index in [1.807, 2.05) is 11.8 Å². The number of nitrogens with zero attached hydrogens (tertiary/aromatic N) is 1. The maximum absolute atomic E-state index is 12.4. The number of hydrogen-bond donors (Lipinski definition) is 1. The molecule has 3 saturated heterocycles. The van der Waals surface area contributed by atoms with E-state index in [1.165, 1.54) is 6.42 Å². The van der Waals surface area contributed by atoms with E-state index in [0.717, 1.165) is 45.6 Å².